The summed E-state index contributed by atoms with van der Waals surface area (Å²) in [6.07, 6.45) is 3.11. The highest BCUT2D eigenvalue weighted by Crippen LogP contribution is 2.21. The first-order valence-corrected chi connectivity index (χ1v) is 10.9. The molecule has 1 aromatic heterocycles. The minimum absolute atomic E-state index is 0.103. The highest BCUT2D eigenvalue weighted by atomic mass is 16.6. The van der Waals surface area contributed by atoms with Crippen molar-refractivity contribution in [3.8, 4) is 0 Å². The number of nitrogens with one attached hydrogen (secondary N) is 2. The third-order valence-electron chi connectivity index (χ3n) is 5.40. The van der Waals surface area contributed by atoms with Crippen molar-refractivity contribution in [3.05, 3.63) is 106 Å². The highest BCUT2D eigenvalue weighted by Gasteiger charge is 2.15. The lowest BCUT2D eigenvalue weighted by molar-refractivity contribution is -0.385. The zero-order chi connectivity index (χ0) is 24.8. The van der Waals surface area contributed by atoms with Crippen molar-refractivity contribution in [2.24, 2.45) is 5.10 Å². The molecule has 35 heavy (non-hydrogen) atoms. The fourth-order valence-electron chi connectivity index (χ4n) is 3.73. The fourth-order valence-corrected chi connectivity index (χ4v) is 3.73. The van der Waals surface area contributed by atoms with Crippen molar-refractivity contribution < 1.29 is 14.5 Å². The monoisotopic (exact) mass is 469 g/mol. The summed E-state index contributed by atoms with van der Waals surface area (Å²) in [5, 5.41) is 18.9. The molecule has 2 amide bonds. The number of aromatic nitrogens is 1. The predicted octanol–water partition coefficient (Wildman–Crippen LogP) is 4.19. The normalized spacial score (nSPS) is 11.0. The van der Waals surface area contributed by atoms with Gasteiger partial charge in [0.2, 0.25) is 11.8 Å². The third-order valence-corrected chi connectivity index (χ3v) is 5.40. The molecule has 1 heterocycles. The first kappa shape index (κ1) is 23.4. The van der Waals surface area contributed by atoms with E-state index in [2.05, 4.69) is 15.8 Å². The second-order valence-corrected chi connectivity index (χ2v) is 8.00. The Morgan fingerprint density at radius 2 is 1.71 bits per heavy atom. The number of fused-ring (bicyclic) bond motifs is 1. The number of para-hydroxylation sites is 2. The van der Waals surface area contributed by atoms with Crippen LogP contribution in [0.1, 0.15) is 16.7 Å². The van der Waals surface area contributed by atoms with Gasteiger partial charge in [-0.3, -0.25) is 19.7 Å². The molecule has 0 saturated heterocycles. The van der Waals surface area contributed by atoms with Gasteiger partial charge in [0.05, 0.1) is 17.6 Å². The highest BCUT2D eigenvalue weighted by molar-refractivity contribution is 6.00. The maximum Gasteiger partial charge on any atom is 0.273 e. The molecule has 0 aliphatic heterocycles. The van der Waals surface area contributed by atoms with Gasteiger partial charge in [0.25, 0.3) is 5.69 Å². The molecule has 0 spiro atoms. The molecule has 4 rings (SSSR count). The zero-order valence-corrected chi connectivity index (χ0v) is 19.0. The fraction of sp³-hybridized carbons (Fsp3) is 0.115. The van der Waals surface area contributed by atoms with Gasteiger partial charge in [0.1, 0.15) is 6.54 Å². The topological polar surface area (TPSA) is 119 Å². The van der Waals surface area contributed by atoms with Gasteiger partial charge < -0.3 is 9.88 Å². The molecular weight excluding hydrogens is 446 g/mol. The SMILES string of the molecule is Cc1ccc(NC(=O)Cn2cc(C=NNC(=O)Cc3ccccc3[N+](=O)[O-])c3ccccc32)cc1. The van der Waals surface area contributed by atoms with Gasteiger partial charge in [-0.2, -0.15) is 5.10 Å². The van der Waals surface area contributed by atoms with Crippen LogP contribution in [0.4, 0.5) is 11.4 Å². The molecule has 0 bridgehead atoms. The third kappa shape index (κ3) is 5.77. The Hall–Kier alpha value is -4.79. The van der Waals surface area contributed by atoms with E-state index in [1.807, 2.05) is 60.0 Å². The average molecular weight is 470 g/mol. The first-order valence-electron chi connectivity index (χ1n) is 10.9. The van der Waals surface area contributed by atoms with Crippen LogP contribution in [-0.2, 0) is 22.6 Å². The summed E-state index contributed by atoms with van der Waals surface area (Å²) in [6, 6.07) is 21.2. The van der Waals surface area contributed by atoms with E-state index in [9.17, 15) is 19.7 Å². The Morgan fingerprint density at radius 3 is 2.49 bits per heavy atom. The number of benzene rings is 3. The van der Waals surface area contributed by atoms with Crippen LogP contribution in [0.2, 0.25) is 0 Å². The van der Waals surface area contributed by atoms with Gasteiger partial charge >= 0.3 is 0 Å². The molecule has 176 valence electrons. The number of hydrogen-bond acceptors (Lipinski definition) is 5. The molecule has 9 heteroatoms. The number of amides is 2. The van der Waals surface area contributed by atoms with Crippen molar-refractivity contribution in [1.29, 1.82) is 0 Å². The molecule has 0 saturated carbocycles. The lowest BCUT2D eigenvalue weighted by Crippen LogP contribution is -2.20. The maximum absolute atomic E-state index is 12.6. The van der Waals surface area contributed by atoms with Gasteiger partial charge in [0, 0.05) is 40.0 Å². The number of carbonyl (C=O) groups is 2. The van der Waals surface area contributed by atoms with Crippen LogP contribution in [0.3, 0.4) is 0 Å². The van der Waals surface area contributed by atoms with E-state index < -0.39 is 10.8 Å². The van der Waals surface area contributed by atoms with Gasteiger partial charge in [-0.25, -0.2) is 5.43 Å². The van der Waals surface area contributed by atoms with Crippen LogP contribution >= 0.6 is 0 Å². The molecule has 9 nitrogen and oxygen atoms in total. The Bertz CT molecular complexity index is 1420. The molecule has 0 unspecified atom stereocenters. The number of rotatable bonds is 8. The number of nitro benzene ring substituents is 1. The smallest absolute Gasteiger partial charge is 0.273 e. The van der Waals surface area contributed by atoms with E-state index in [0.29, 0.717) is 5.56 Å². The number of aryl methyl sites for hydroxylation is 1. The molecule has 3 aromatic carbocycles. The number of nitro groups is 1. The second-order valence-electron chi connectivity index (χ2n) is 8.00. The van der Waals surface area contributed by atoms with E-state index in [1.165, 1.54) is 18.3 Å². The van der Waals surface area contributed by atoms with Crippen molar-refractivity contribution in [3.63, 3.8) is 0 Å². The Balaban J connectivity index is 1.45. The number of anilines is 1. The standard InChI is InChI=1S/C26H23N5O4/c1-18-10-12-21(13-11-18)28-26(33)17-30-16-20(22-7-3-5-9-24(22)30)15-27-29-25(32)14-19-6-2-4-8-23(19)31(34)35/h2-13,15-16H,14,17H2,1H3,(H,28,33)(H,29,32). The summed E-state index contributed by atoms with van der Waals surface area (Å²) in [4.78, 5) is 35.5. The summed E-state index contributed by atoms with van der Waals surface area (Å²) < 4.78 is 1.81. The van der Waals surface area contributed by atoms with Crippen LogP contribution in [-0.4, -0.2) is 27.5 Å². The summed E-state index contributed by atoms with van der Waals surface area (Å²) in [5.74, 6) is -0.646. The molecule has 2 N–H and O–H groups in total. The number of nitrogens with zero attached hydrogens (tertiary/aromatic N) is 3. The number of hydrazone groups is 1. The van der Waals surface area contributed by atoms with E-state index in [0.717, 1.165) is 27.7 Å². The van der Waals surface area contributed by atoms with Gasteiger partial charge in [-0.05, 0) is 25.1 Å². The molecular formula is C26H23N5O4. The van der Waals surface area contributed by atoms with Crippen molar-refractivity contribution in [2.75, 3.05) is 5.32 Å². The number of hydrogen-bond donors (Lipinski definition) is 2. The van der Waals surface area contributed by atoms with Crippen molar-refractivity contribution in [1.82, 2.24) is 9.99 Å². The summed E-state index contributed by atoms with van der Waals surface area (Å²) in [7, 11) is 0. The molecule has 0 radical (unpaired) electrons. The minimum atomic E-state index is -0.518. The Morgan fingerprint density at radius 1 is 1.00 bits per heavy atom. The Labute approximate surface area is 201 Å². The molecule has 0 aliphatic rings. The average Bonchev–Trinajstić information content (AvgIpc) is 3.18. The lowest BCUT2D eigenvalue weighted by Gasteiger charge is -2.07. The van der Waals surface area contributed by atoms with Crippen LogP contribution in [0.5, 0.6) is 0 Å². The van der Waals surface area contributed by atoms with Crippen molar-refractivity contribution >= 4 is 40.3 Å². The van der Waals surface area contributed by atoms with Crippen LogP contribution in [0, 0.1) is 17.0 Å². The second kappa shape index (κ2) is 10.4. The van der Waals surface area contributed by atoms with E-state index >= 15 is 0 Å². The van der Waals surface area contributed by atoms with Crippen LogP contribution < -0.4 is 10.7 Å². The van der Waals surface area contributed by atoms with E-state index in [4.69, 9.17) is 0 Å². The molecule has 0 fully saturated rings. The van der Waals surface area contributed by atoms with Crippen LogP contribution in [0.15, 0.2) is 84.1 Å². The van der Waals surface area contributed by atoms with Crippen molar-refractivity contribution in [2.45, 2.75) is 19.9 Å². The molecule has 0 aliphatic carbocycles. The first-order chi connectivity index (χ1) is 16.9. The quantitative estimate of drug-likeness (QED) is 0.228. The van der Waals surface area contributed by atoms with Gasteiger partial charge in [-0.1, -0.05) is 54.1 Å². The largest absolute Gasteiger partial charge is 0.337 e. The molecule has 4 aromatic rings. The summed E-state index contributed by atoms with van der Waals surface area (Å²) in [5.41, 5.74) is 6.01. The van der Waals surface area contributed by atoms with E-state index in [-0.39, 0.29) is 24.6 Å². The van der Waals surface area contributed by atoms with E-state index in [1.54, 1.807) is 18.3 Å². The predicted molar refractivity (Wildman–Crippen MR) is 134 cm³/mol. The van der Waals surface area contributed by atoms with Gasteiger partial charge in [0.15, 0.2) is 0 Å². The number of carbonyl (C=O) groups excluding carboxylic acids is 2. The lowest BCUT2D eigenvalue weighted by atomic mass is 10.1. The van der Waals surface area contributed by atoms with Crippen LogP contribution in [0.25, 0.3) is 10.9 Å². The van der Waals surface area contributed by atoms with Gasteiger partial charge in [-0.15, -0.1) is 0 Å². The summed E-state index contributed by atoms with van der Waals surface area (Å²) in [6.45, 7) is 2.08. The maximum atomic E-state index is 12.6. The summed E-state index contributed by atoms with van der Waals surface area (Å²) >= 11 is 0. The minimum Gasteiger partial charge on any atom is -0.337 e. The Kier molecular flexibility index (Phi) is 6.96. The zero-order valence-electron chi connectivity index (χ0n) is 19.0. The molecule has 0 atom stereocenters.